The van der Waals surface area contributed by atoms with Crippen molar-refractivity contribution in [3.05, 3.63) is 11.1 Å². The summed E-state index contributed by atoms with van der Waals surface area (Å²) in [4.78, 5) is 10.8. The molecule has 102 valence electrons. The maximum atomic E-state index is 5.55. The molecule has 0 saturated carbocycles. The summed E-state index contributed by atoms with van der Waals surface area (Å²) in [7, 11) is 1.68. The van der Waals surface area contributed by atoms with Gasteiger partial charge in [0.2, 0.25) is 0 Å². The van der Waals surface area contributed by atoms with Gasteiger partial charge in [0.15, 0.2) is 11.1 Å². The molecule has 2 heterocycles. The van der Waals surface area contributed by atoms with E-state index < -0.39 is 0 Å². The van der Waals surface area contributed by atoms with E-state index >= 15 is 0 Å². The molecule has 1 fully saturated rings. The average Bonchev–Trinajstić information content (AvgIpc) is 2.98. The highest BCUT2D eigenvalue weighted by Crippen LogP contribution is 2.24. The average molecular weight is 381 g/mol. The van der Waals surface area contributed by atoms with Crippen molar-refractivity contribution in [2.45, 2.75) is 19.3 Å². The zero-order valence-electron chi connectivity index (χ0n) is 10.6. The van der Waals surface area contributed by atoms with Gasteiger partial charge in [0.05, 0.1) is 5.69 Å². The van der Waals surface area contributed by atoms with Crippen LogP contribution in [-0.4, -0.2) is 37.6 Å². The van der Waals surface area contributed by atoms with E-state index in [-0.39, 0.29) is 24.0 Å². The van der Waals surface area contributed by atoms with Gasteiger partial charge in [-0.25, -0.2) is 4.98 Å². The van der Waals surface area contributed by atoms with Crippen molar-refractivity contribution in [2.24, 2.45) is 10.7 Å². The van der Waals surface area contributed by atoms with Gasteiger partial charge in [0, 0.05) is 38.5 Å². The van der Waals surface area contributed by atoms with Crippen molar-refractivity contribution in [2.75, 3.05) is 31.6 Å². The largest absolute Gasteiger partial charge is 0.370 e. The highest BCUT2D eigenvalue weighted by Gasteiger charge is 2.15. The van der Waals surface area contributed by atoms with Crippen LogP contribution in [0.15, 0.2) is 10.4 Å². The van der Waals surface area contributed by atoms with Crippen LogP contribution >= 0.6 is 35.3 Å². The van der Waals surface area contributed by atoms with E-state index in [2.05, 4.69) is 25.6 Å². The minimum atomic E-state index is 0. The number of hydrogen-bond donors (Lipinski definition) is 2. The number of nitrogens with one attached hydrogen (secondary N) is 1. The quantitative estimate of drug-likeness (QED) is 0.471. The van der Waals surface area contributed by atoms with E-state index in [0.717, 1.165) is 36.9 Å². The van der Waals surface area contributed by atoms with Crippen LogP contribution in [0.1, 0.15) is 18.5 Å². The fourth-order valence-corrected chi connectivity index (χ4v) is 2.78. The number of aliphatic imine (C=N–C) groups is 1. The molecule has 0 aliphatic carbocycles. The number of nitrogens with zero attached hydrogens (tertiary/aromatic N) is 3. The Labute approximate surface area is 129 Å². The van der Waals surface area contributed by atoms with E-state index in [1.807, 2.05) is 0 Å². The topological polar surface area (TPSA) is 66.5 Å². The van der Waals surface area contributed by atoms with Gasteiger partial charge in [-0.2, -0.15) is 0 Å². The Kier molecular flexibility index (Phi) is 6.69. The SMILES string of the molecule is CN=C(N)NCCc1csc(N2CCCC2)n1.I. The number of thiazole rings is 1. The van der Waals surface area contributed by atoms with Crippen LogP contribution in [0.3, 0.4) is 0 Å². The lowest BCUT2D eigenvalue weighted by molar-refractivity contribution is 0.835. The summed E-state index contributed by atoms with van der Waals surface area (Å²) in [5.74, 6) is 0.486. The van der Waals surface area contributed by atoms with Gasteiger partial charge in [-0.05, 0) is 12.8 Å². The first-order chi connectivity index (χ1) is 8.29. The molecule has 0 aromatic carbocycles. The number of nitrogens with two attached hydrogens (primary N) is 1. The monoisotopic (exact) mass is 381 g/mol. The number of aromatic nitrogens is 1. The molecule has 0 unspecified atom stereocenters. The van der Waals surface area contributed by atoms with Crippen molar-refractivity contribution in [3.63, 3.8) is 0 Å². The van der Waals surface area contributed by atoms with Gasteiger partial charge in [0.1, 0.15) is 0 Å². The van der Waals surface area contributed by atoms with Crippen molar-refractivity contribution < 1.29 is 0 Å². The molecule has 5 nitrogen and oxygen atoms in total. The molecule has 18 heavy (non-hydrogen) atoms. The van der Waals surface area contributed by atoms with Gasteiger partial charge < -0.3 is 16.0 Å². The Bertz CT molecular complexity index is 387. The minimum Gasteiger partial charge on any atom is -0.370 e. The number of hydrogen-bond acceptors (Lipinski definition) is 4. The minimum absolute atomic E-state index is 0. The smallest absolute Gasteiger partial charge is 0.188 e. The Morgan fingerprint density at radius 2 is 2.28 bits per heavy atom. The molecule has 1 aromatic heterocycles. The Balaban J connectivity index is 0.00000162. The number of halogens is 1. The predicted octanol–water partition coefficient (Wildman–Crippen LogP) is 1.44. The van der Waals surface area contributed by atoms with Crippen molar-refractivity contribution in [3.8, 4) is 0 Å². The third-order valence-corrected chi connectivity index (χ3v) is 3.79. The van der Waals surface area contributed by atoms with E-state index in [0.29, 0.717) is 5.96 Å². The molecular weight excluding hydrogens is 361 g/mol. The second-order valence-electron chi connectivity index (χ2n) is 4.10. The Morgan fingerprint density at radius 1 is 1.56 bits per heavy atom. The molecule has 1 saturated heterocycles. The predicted molar refractivity (Wildman–Crippen MR) is 88.2 cm³/mol. The molecule has 1 aliphatic rings. The number of anilines is 1. The first-order valence-electron chi connectivity index (χ1n) is 5.95. The first kappa shape index (κ1) is 15.5. The normalized spacial score (nSPS) is 15.6. The van der Waals surface area contributed by atoms with Crippen LogP contribution in [-0.2, 0) is 6.42 Å². The van der Waals surface area contributed by atoms with Crippen molar-refractivity contribution in [1.82, 2.24) is 10.3 Å². The van der Waals surface area contributed by atoms with E-state index in [4.69, 9.17) is 5.73 Å². The molecule has 0 atom stereocenters. The molecule has 0 bridgehead atoms. The lowest BCUT2D eigenvalue weighted by Crippen LogP contribution is -2.32. The summed E-state index contributed by atoms with van der Waals surface area (Å²) < 4.78 is 0. The molecule has 1 aliphatic heterocycles. The fourth-order valence-electron chi connectivity index (χ4n) is 1.86. The van der Waals surface area contributed by atoms with Gasteiger partial charge in [0.25, 0.3) is 0 Å². The molecule has 0 amide bonds. The first-order valence-corrected chi connectivity index (χ1v) is 6.83. The van der Waals surface area contributed by atoms with Gasteiger partial charge >= 0.3 is 0 Å². The lowest BCUT2D eigenvalue weighted by atomic mass is 10.3. The van der Waals surface area contributed by atoms with Gasteiger partial charge in [-0.3, -0.25) is 4.99 Å². The summed E-state index contributed by atoms with van der Waals surface area (Å²) in [5, 5.41) is 6.33. The van der Waals surface area contributed by atoms with Crippen LogP contribution in [0.25, 0.3) is 0 Å². The summed E-state index contributed by atoms with van der Waals surface area (Å²) in [6.45, 7) is 3.09. The maximum absolute atomic E-state index is 5.55. The van der Waals surface area contributed by atoms with E-state index in [1.54, 1.807) is 18.4 Å². The lowest BCUT2D eigenvalue weighted by Gasteiger charge is -2.12. The van der Waals surface area contributed by atoms with E-state index in [9.17, 15) is 0 Å². The summed E-state index contributed by atoms with van der Waals surface area (Å²) >= 11 is 1.74. The molecular formula is C11H20IN5S. The summed E-state index contributed by atoms with van der Waals surface area (Å²) in [5.41, 5.74) is 6.69. The molecule has 7 heteroatoms. The molecule has 1 aromatic rings. The van der Waals surface area contributed by atoms with Crippen LogP contribution in [0.5, 0.6) is 0 Å². The van der Waals surface area contributed by atoms with Crippen molar-refractivity contribution in [1.29, 1.82) is 0 Å². The van der Waals surface area contributed by atoms with Crippen LogP contribution < -0.4 is 16.0 Å². The number of rotatable bonds is 4. The summed E-state index contributed by atoms with van der Waals surface area (Å²) in [6, 6.07) is 0. The third-order valence-electron chi connectivity index (χ3n) is 2.84. The Hall–Kier alpha value is -0.570. The maximum Gasteiger partial charge on any atom is 0.188 e. The molecule has 0 spiro atoms. The summed E-state index contributed by atoms with van der Waals surface area (Å²) in [6.07, 6.45) is 3.47. The fraction of sp³-hybridized carbons (Fsp3) is 0.636. The second-order valence-corrected chi connectivity index (χ2v) is 4.94. The van der Waals surface area contributed by atoms with E-state index in [1.165, 1.54) is 12.8 Å². The second kappa shape index (κ2) is 7.78. The Morgan fingerprint density at radius 3 is 2.94 bits per heavy atom. The zero-order valence-corrected chi connectivity index (χ0v) is 13.7. The number of guanidine groups is 1. The van der Waals surface area contributed by atoms with Gasteiger partial charge in [-0.1, -0.05) is 0 Å². The highest BCUT2D eigenvalue weighted by molar-refractivity contribution is 14.0. The molecule has 2 rings (SSSR count). The van der Waals surface area contributed by atoms with Crippen LogP contribution in [0.4, 0.5) is 5.13 Å². The van der Waals surface area contributed by atoms with Gasteiger partial charge in [-0.15, -0.1) is 35.3 Å². The highest BCUT2D eigenvalue weighted by atomic mass is 127. The van der Waals surface area contributed by atoms with Crippen molar-refractivity contribution >= 4 is 46.4 Å². The zero-order chi connectivity index (χ0) is 12.1. The van der Waals surface area contributed by atoms with Crippen LogP contribution in [0.2, 0.25) is 0 Å². The molecule has 0 radical (unpaired) electrons. The standard InChI is InChI=1S/C11H19N5S.HI/c1-13-10(12)14-5-4-9-8-17-11(15-9)16-6-2-3-7-16;/h8H,2-7H2,1H3,(H3,12,13,14);1H. The molecule has 3 N–H and O–H groups in total. The third kappa shape index (κ3) is 4.27. The van der Waals surface area contributed by atoms with Crippen LogP contribution in [0, 0.1) is 0 Å².